The van der Waals surface area contributed by atoms with E-state index < -0.39 is 0 Å². The van der Waals surface area contributed by atoms with Crippen molar-refractivity contribution in [3.63, 3.8) is 0 Å². The predicted molar refractivity (Wildman–Crippen MR) is 78.9 cm³/mol. The molecule has 0 aliphatic carbocycles. The molecule has 110 valence electrons. The van der Waals surface area contributed by atoms with Gasteiger partial charge in [0, 0.05) is 0 Å². The molecule has 0 atom stereocenters. The Labute approximate surface area is 122 Å². The molecule has 0 aliphatic heterocycles. The number of hydrazone groups is 1. The van der Waals surface area contributed by atoms with Gasteiger partial charge in [0.1, 0.15) is 17.3 Å². The molecule has 4 nitrogen and oxygen atoms in total. The van der Waals surface area contributed by atoms with Gasteiger partial charge in [-0.05, 0) is 44.0 Å². The van der Waals surface area contributed by atoms with Crippen LogP contribution in [0.4, 0.5) is 4.39 Å². The molecule has 1 heterocycles. The van der Waals surface area contributed by atoms with Gasteiger partial charge in [0.15, 0.2) is 0 Å². The highest BCUT2D eigenvalue weighted by Crippen LogP contribution is 2.13. The van der Waals surface area contributed by atoms with Crippen LogP contribution in [0.5, 0.6) is 0 Å². The molecule has 2 aromatic rings. The number of amides is 1. The van der Waals surface area contributed by atoms with Gasteiger partial charge < -0.3 is 4.42 Å². The highest BCUT2D eigenvalue weighted by molar-refractivity contribution is 6.02. The van der Waals surface area contributed by atoms with Crippen LogP contribution in [-0.2, 0) is 0 Å². The number of halogens is 1. The summed E-state index contributed by atoms with van der Waals surface area (Å²) in [5.41, 5.74) is 4.44. The average Bonchev–Trinajstić information content (AvgIpc) is 2.80. The molecule has 1 N–H and O–H groups in total. The van der Waals surface area contributed by atoms with Gasteiger partial charge in [0.05, 0.1) is 11.3 Å². The zero-order valence-corrected chi connectivity index (χ0v) is 12.2. The number of furan rings is 1. The molecule has 0 spiro atoms. The minimum atomic E-state index is -0.322. The quantitative estimate of drug-likeness (QED) is 0.690. The lowest BCUT2D eigenvalue weighted by Crippen LogP contribution is -2.20. The Morgan fingerprint density at radius 2 is 1.95 bits per heavy atom. The van der Waals surface area contributed by atoms with Gasteiger partial charge in [-0.25, -0.2) is 9.82 Å². The third kappa shape index (κ3) is 3.56. The smallest absolute Gasteiger partial charge is 0.274 e. The second kappa shape index (κ2) is 6.35. The third-order valence-electron chi connectivity index (χ3n) is 3.09. The van der Waals surface area contributed by atoms with E-state index in [1.165, 1.54) is 12.1 Å². The van der Waals surface area contributed by atoms with Gasteiger partial charge in [-0.2, -0.15) is 5.10 Å². The maximum Gasteiger partial charge on any atom is 0.274 e. The lowest BCUT2D eigenvalue weighted by atomic mass is 10.1. The van der Waals surface area contributed by atoms with Crippen molar-refractivity contribution in [3.05, 3.63) is 58.8 Å². The predicted octanol–water partition coefficient (Wildman–Crippen LogP) is 3.58. The Balaban J connectivity index is 2.16. The molecule has 5 heteroatoms. The minimum absolute atomic E-state index is 0.303. The van der Waals surface area contributed by atoms with Gasteiger partial charge in [-0.15, -0.1) is 0 Å². The van der Waals surface area contributed by atoms with Crippen molar-refractivity contribution >= 4 is 11.6 Å². The van der Waals surface area contributed by atoms with Crippen molar-refractivity contribution in [2.24, 2.45) is 5.10 Å². The van der Waals surface area contributed by atoms with Crippen molar-refractivity contribution in [1.82, 2.24) is 5.43 Å². The van der Waals surface area contributed by atoms with E-state index >= 15 is 0 Å². The Morgan fingerprint density at radius 1 is 1.29 bits per heavy atom. The average molecular weight is 288 g/mol. The molecular weight excluding hydrogens is 271 g/mol. The van der Waals surface area contributed by atoms with Crippen LogP contribution < -0.4 is 5.43 Å². The van der Waals surface area contributed by atoms with Crippen LogP contribution in [-0.4, -0.2) is 11.6 Å². The Morgan fingerprint density at radius 3 is 2.48 bits per heavy atom. The van der Waals surface area contributed by atoms with Gasteiger partial charge in [0.25, 0.3) is 5.91 Å². The van der Waals surface area contributed by atoms with Crippen LogP contribution in [0.15, 0.2) is 39.9 Å². The van der Waals surface area contributed by atoms with Crippen molar-refractivity contribution in [2.75, 3.05) is 0 Å². The number of nitrogens with one attached hydrogen (secondary N) is 1. The molecule has 0 fully saturated rings. The van der Waals surface area contributed by atoms with Gasteiger partial charge in [0.2, 0.25) is 0 Å². The number of carbonyl (C=O) groups is 1. The number of rotatable bonds is 4. The molecule has 1 aromatic heterocycles. The second-order valence-corrected chi connectivity index (χ2v) is 4.69. The monoisotopic (exact) mass is 288 g/mol. The first-order chi connectivity index (χ1) is 10.0. The van der Waals surface area contributed by atoms with E-state index in [1.54, 1.807) is 32.0 Å². The van der Waals surface area contributed by atoms with Crippen LogP contribution in [0.1, 0.15) is 40.8 Å². The molecule has 1 aromatic carbocycles. The summed E-state index contributed by atoms with van der Waals surface area (Å²) in [6.45, 7) is 5.43. The summed E-state index contributed by atoms with van der Waals surface area (Å²) >= 11 is 0. The summed E-state index contributed by atoms with van der Waals surface area (Å²) in [5.74, 6) is 0.607. The highest BCUT2D eigenvalue weighted by atomic mass is 19.1. The Kier molecular flexibility index (Phi) is 4.52. The minimum Gasteiger partial charge on any atom is -0.466 e. The topological polar surface area (TPSA) is 54.6 Å². The van der Waals surface area contributed by atoms with Crippen LogP contribution in [0.25, 0.3) is 0 Å². The molecule has 0 saturated carbocycles. The first-order valence-corrected chi connectivity index (χ1v) is 6.71. The van der Waals surface area contributed by atoms with E-state index in [9.17, 15) is 9.18 Å². The van der Waals surface area contributed by atoms with E-state index in [2.05, 4.69) is 10.5 Å². The van der Waals surface area contributed by atoms with Crippen molar-refractivity contribution < 1.29 is 13.6 Å². The molecule has 1 amide bonds. The molecular formula is C16H17FN2O2. The molecule has 0 bridgehead atoms. The number of carbonyl (C=O) groups excluding carboxylic acids is 1. The highest BCUT2D eigenvalue weighted by Gasteiger charge is 2.13. The van der Waals surface area contributed by atoms with Crippen LogP contribution in [0.3, 0.4) is 0 Å². The van der Waals surface area contributed by atoms with E-state index in [4.69, 9.17) is 4.42 Å². The van der Waals surface area contributed by atoms with E-state index in [0.717, 1.165) is 5.56 Å². The first-order valence-electron chi connectivity index (χ1n) is 6.71. The summed E-state index contributed by atoms with van der Waals surface area (Å²) in [6, 6.07) is 7.68. The summed E-state index contributed by atoms with van der Waals surface area (Å²) < 4.78 is 18.2. The summed E-state index contributed by atoms with van der Waals surface area (Å²) in [5, 5.41) is 4.12. The lowest BCUT2D eigenvalue weighted by molar-refractivity contribution is 0.0953. The summed E-state index contributed by atoms with van der Waals surface area (Å²) in [7, 11) is 0. The Bertz CT molecular complexity index is 672. The van der Waals surface area contributed by atoms with E-state index in [0.29, 0.717) is 29.2 Å². The maximum atomic E-state index is 12.9. The molecule has 0 saturated heterocycles. The van der Waals surface area contributed by atoms with Crippen LogP contribution in [0.2, 0.25) is 0 Å². The van der Waals surface area contributed by atoms with Gasteiger partial charge in [-0.3, -0.25) is 4.79 Å². The maximum absolute atomic E-state index is 12.9. The molecule has 21 heavy (non-hydrogen) atoms. The second-order valence-electron chi connectivity index (χ2n) is 4.69. The zero-order chi connectivity index (χ0) is 15.4. The molecule has 0 radical (unpaired) electrons. The fraction of sp³-hybridized carbons (Fsp3) is 0.250. The molecule has 0 aliphatic rings. The summed E-state index contributed by atoms with van der Waals surface area (Å²) in [6.07, 6.45) is 0.620. The van der Waals surface area contributed by atoms with Gasteiger partial charge >= 0.3 is 0 Å². The van der Waals surface area contributed by atoms with Crippen molar-refractivity contribution in [2.45, 2.75) is 27.2 Å². The fourth-order valence-electron chi connectivity index (χ4n) is 2.02. The lowest BCUT2D eigenvalue weighted by Gasteiger charge is -2.05. The molecule has 2 rings (SSSR count). The van der Waals surface area contributed by atoms with Crippen LogP contribution >= 0.6 is 0 Å². The molecule has 0 unspecified atom stereocenters. The number of nitrogens with zero attached hydrogens (tertiary/aromatic N) is 1. The van der Waals surface area contributed by atoms with Crippen molar-refractivity contribution in [3.8, 4) is 0 Å². The summed E-state index contributed by atoms with van der Waals surface area (Å²) in [4.78, 5) is 12.0. The van der Waals surface area contributed by atoms with E-state index in [-0.39, 0.29) is 11.7 Å². The largest absolute Gasteiger partial charge is 0.466 e. The van der Waals surface area contributed by atoms with Gasteiger partial charge in [-0.1, -0.05) is 19.1 Å². The van der Waals surface area contributed by atoms with Crippen molar-refractivity contribution in [1.29, 1.82) is 0 Å². The van der Waals surface area contributed by atoms with Crippen LogP contribution in [0, 0.1) is 19.7 Å². The standard InChI is InChI=1S/C16H17FN2O2/c1-4-15(12-5-7-13(17)8-6-12)18-19-16(20)14-9-10(2)21-11(14)3/h5-9H,4H2,1-3H3,(H,19,20)/b18-15-. The zero-order valence-electron chi connectivity index (χ0n) is 12.2. The first kappa shape index (κ1) is 15.0. The number of hydrogen-bond donors (Lipinski definition) is 1. The number of hydrogen-bond acceptors (Lipinski definition) is 3. The fourth-order valence-corrected chi connectivity index (χ4v) is 2.02. The number of benzene rings is 1. The normalized spacial score (nSPS) is 11.5. The Hall–Kier alpha value is -2.43. The van der Waals surface area contributed by atoms with E-state index in [1.807, 2.05) is 6.92 Å². The third-order valence-corrected chi connectivity index (χ3v) is 3.09. The SMILES string of the molecule is CC/C(=N/NC(=O)c1cc(C)oc1C)c1ccc(F)cc1. The number of aryl methyl sites for hydroxylation is 2.